The molecule has 5 nitrogen and oxygen atoms in total. The van der Waals surface area contributed by atoms with Crippen LogP contribution in [0.1, 0.15) is 29.6 Å². The fourth-order valence-corrected chi connectivity index (χ4v) is 2.37. The molecule has 1 aliphatic rings. The van der Waals surface area contributed by atoms with E-state index in [1.807, 2.05) is 0 Å². The number of carbonyl (C=O) groups excluding carboxylic acids is 2. The number of rotatable bonds is 2. The Balaban J connectivity index is 2.27. The number of piperidine rings is 1. The second kappa shape index (κ2) is 5.35. The van der Waals surface area contributed by atoms with Crippen molar-refractivity contribution in [3.63, 3.8) is 0 Å². The summed E-state index contributed by atoms with van der Waals surface area (Å²) in [7, 11) is 0. The Kier molecular flexibility index (Phi) is 3.81. The van der Waals surface area contributed by atoms with Crippen molar-refractivity contribution in [1.82, 2.24) is 9.88 Å². The van der Waals surface area contributed by atoms with E-state index >= 15 is 0 Å². The molecule has 1 fully saturated rings. The Morgan fingerprint density at radius 2 is 2.22 bits per heavy atom. The van der Waals surface area contributed by atoms with Crippen molar-refractivity contribution in [2.45, 2.75) is 25.3 Å². The summed E-state index contributed by atoms with van der Waals surface area (Å²) in [5.74, 6) is -0.723. The topological polar surface area (TPSA) is 76.3 Å². The van der Waals surface area contributed by atoms with Gasteiger partial charge in [0.05, 0.1) is 10.6 Å². The highest BCUT2D eigenvalue weighted by Crippen LogP contribution is 2.22. The second-order valence-corrected chi connectivity index (χ2v) is 4.68. The van der Waals surface area contributed by atoms with Crippen molar-refractivity contribution in [2.75, 3.05) is 6.54 Å². The molecule has 0 spiro atoms. The Hall–Kier alpha value is -1.62. The van der Waals surface area contributed by atoms with Crippen LogP contribution in [0.5, 0.6) is 0 Å². The number of nitrogens with zero attached hydrogens (tertiary/aromatic N) is 2. The normalized spacial score (nSPS) is 19.6. The van der Waals surface area contributed by atoms with Gasteiger partial charge in [0.2, 0.25) is 5.91 Å². The molecule has 0 aliphatic carbocycles. The molecule has 18 heavy (non-hydrogen) atoms. The van der Waals surface area contributed by atoms with Crippen LogP contribution >= 0.6 is 11.6 Å². The van der Waals surface area contributed by atoms with E-state index in [4.69, 9.17) is 17.3 Å². The lowest BCUT2D eigenvalue weighted by atomic mass is 10.0. The summed E-state index contributed by atoms with van der Waals surface area (Å²) in [6.07, 6.45) is 5.31. The molecule has 1 saturated heterocycles. The van der Waals surface area contributed by atoms with Gasteiger partial charge in [-0.25, -0.2) is 0 Å². The number of likely N-dealkylation sites (tertiary alicyclic amines) is 1. The Morgan fingerprint density at radius 3 is 2.89 bits per heavy atom. The maximum absolute atomic E-state index is 12.3. The predicted octanol–water partition coefficient (Wildman–Crippen LogP) is 1.21. The summed E-state index contributed by atoms with van der Waals surface area (Å²) in [6, 6.07) is 1.02. The number of amides is 2. The molecular formula is C12H14ClN3O2. The van der Waals surface area contributed by atoms with Gasteiger partial charge < -0.3 is 10.6 Å². The van der Waals surface area contributed by atoms with Crippen molar-refractivity contribution < 1.29 is 9.59 Å². The van der Waals surface area contributed by atoms with Gasteiger partial charge in [-0.15, -0.1) is 0 Å². The van der Waals surface area contributed by atoms with Gasteiger partial charge in [0.15, 0.2) is 0 Å². The lowest BCUT2D eigenvalue weighted by Gasteiger charge is -2.33. The Labute approximate surface area is 110 Å². The number of halogens is 1. The molecule has 0 aromatic carbocycles. The van der Waals surface area contributed by atoms with Gasteiger partial charge in [-0.1, -0.05) is 11.6 Å². The van der Waals surface area contributed by atoms with Crippen LogP contribution in [0.3, 0.4) is 0 Å². The minimum absolute atomic E-state index is 0.258. The van der Waals surface area contributed by atoms with E-state index in [0.717, 1.165) is 12.8 Å². The number of aromatic nitrogens is 1. The molecule has 1 aromatic heterocycles. The standard InChI is InChI=1S/C12H14ClN3O2/c13-9-7-15-5-4-8(9)12(18)16-6-2-1-3-10(16)11(14)17/h4-5,7,10H,1-3,6H2,(H2,14,17). The van der Waals surface area contributed by atoms with Crippen LogP contribution in [0.2, 0.25) is 5.02 Å². The quantitative estimate of drug-likeness (QED) is 0.875. The third-order valence-corrected chi connectivity index (χ3v) is 3.40. The van der Waals surface area contributed by atoms with Gasteiger partial charge in [-0.05, 0) is 25.3 Å². The zero-order chi connectivity index (χ0) is 13.1. The Bertz CT molecular complexity index is 478. The maximum Gasteiger partial charge on any atom is 0.256 e. The smallest absolute Gasteiger partial charge is 0.256 e. The summed E-state index contributed by atoms with van der Waals surface area (Å²) in [4.78, 5) is 29.0. The van der Waals surface area contributed by atoms with Gasteiger partial charge in [-0.2, -0.15) is 0 Å². The first kappa shape index (κ1) is 12.8. The molecule has 2 rings (SSSR count). The summed E-state index contributed by atoms with van der Waals surface area (Å²) >= 11 is 5.94. The molecule has 1 atom stereocenters. The van der Waals surface area contributed by atoms with Crippen LogP contribution in [-0.2, 0) is 4.79 Å². The van der Waals surface area contributed by atoms with Crippen LogP contribution in [0.15, 0.2) is 18.5 Å². The lowest BCUT2D eigenvalue weighted by Crippen LogP contribution is -2.50. The van der Waals surface area contributed by atoms with E-state index in [1.54, 1.807) is 6.07 Å². The molecule has 0 saturated carbocycles. The fraction of sp³-hybridized carbons (Fsp3) is 0.417. The lowest BCUT2D eigenvalue weighted by molar-refractivity contribution is -0.123. The monoisotopic (exact) mass is 267 g/mol. The molecule has 1 unspecified atom stereocenters. The van der Waals surface area contributed by atoms with E-state index < -0.39 is 11.9 Å². The molecule has 0 bridgehead atoms. The summed E-state index contributed by atoms with van der Waals surface area (Å²) in [5.41, 5.74) is 5.69. The van der Waals surface area contributed by atoms with Crippen LogP contribution < -0.4 is 5.73 Å². The first-order valence-corrected chi connectivity index (χ1v) is 6.19. The van der Waals surface area contributed by atoms with Crippen LogP contribution in [0.25, 0.3) is 0 Å². The van der Waals surface area contributed by atoms with Gasteiger partial charge in [-0.3, -0.25) is 14.6 Å². The number of pyridine rings is 1. The predicted molar refractivity (Wildman–Crippen MR) is 67.1 cm³/mol. The van der Waals surface area contributed by atoms with Crippen molar-refractivity contribution in [3.05, 3.63) is 29.0 Å². The zero-order valence-corrected chi connectivity index (χ0v) is 10.6. The molecule has 1 aliphatic heterocycles. The van der Waals surface area contributed by atoms with Gasteiger partial charge >= 0.3 is 0 Å². The average Bonchev–Trinajstić information content (AvgIpc) is 2.38. The number of primary amides is 1. The number of hydrogen-bond acceptors (Lipinski definition) is 3. The van der Waals surface area contributed by atoms with Gasteiger partial charge in [0.25, 0.3) is 5.91 Å². The SMILES string of the molecule is NC(=O)C1CCCCN1C(=O)c1ccncc1Cl. The summed E-state index contributed by atoms with van der Waals surface area (Å²) in [6.45, 7) is 0.533. The average molecular weight is 268 g/mol. The zero-order valence-electron chi connectivity index (χ0n) is 9.80. The van der Waals surface area contributed by atoms with Crippen molar-refractivity contribution >= 4 is 23.4 Å². The van der Waals surface area contributed by atoms with E-state index in [9.17, 15) is 9.59 Å². The number of nitrogens with two attached hydrogens (primary N) is 1. The number of hydrogen-bond donors (Lipinski definition) is 1. The van der Waals surface area contributed by atoms with Crippen molar-refractivity contribution in [1.29, 1.82) is 0 Å². The first-order chi connectivity index (χ1) is 8.61. The first-order valence-electron chi connectivity index (χ1n) is 5.81. The highest BCUT2D eigenvalue weighted by atomic mass is 35.5. The highest BCUT2D eigenvalue weighted by Gasteiger charge is 2.31. The number of carbonyl (C=O) groups is 2. The second-order valence-electron chi connectivity index (χ2n) is 4.27. The molecule has 1 aromatic rings. The van der Waals surface area contributed by atoms with Crippen LogP contribution in [0, 0.1) is 0 Å². The van der Waals surface area contributed by atoms with Gasteiger partial charge in [0, 0.05) is 18.9 Å². The van der Waals surface area contributed by atoms with E-state index in [-0.39, 0.29) is 10.9 Å². The summed E-state index contributed by atoms with van der Waals surface area (Å²) < 4.78 is 0. The molecule has 6 heteroatoms. The van der Waals surface area contributed by atoms with Crippen molar-refractivity contribution in [2.24, 2.45) is 5.73 Å². The summed E-state index contributed by atoms with van der Waals surface area (Å²) in [5, 5.41) is 0.288. The van der Waals surface area contributed by atoms with Gasteiger partial charge in [0.1, 0.15) is 6.04 Å². The minimum atomic E-state index is -0.532. The van der Waals surface area contributed by atoms with Crippen molar-refractivity contribution in [3.8, 4) is 0 Å². The highest BCUT2D eigenvalue weighted by molar-refractivity contribution is 6.33. The third kappa shape index (κ3) is 2.46. The van der Waals surface area contributed by atoms with Crippen LogP contribution in [0.4, 0.5) is 0 Å². The molecule has 2 heterocycles. The van der Waals surface area contributed by atoms with E-state index in [0.29, 0.717) is 18.5 Å². The van der Waals surface area contributed by atoms with E-state index in [2.05, 4.69) is 4.98 Å². The fourth-order valence-electron chi connectivity index (χ4n) is 2.17. The molecular weight excluding hydrogens is 254 g/mol. The largest absolute Gasteiger partial charge is 0.368 e. The van der Waals surface area contributed by atoms with Crippen LogP contribution in [-0.4, -0.2) is 34.3 Å². The minimum Gasteiger partial charge on any atom is -0.368 e. The molecule has 0 radical (unpaired) electrons. The molecule has 2 amide bonds. The maximum atomic E-state index is 12.3. The molecule has 96 valence electrons. The third-order valence-electron chi connectivity index (χ3n) is 3.09. The molecule has 2 N–H and O–H groups in total. The van der Waals surface area contributed by atoms with E-state index in [1.165, 1.54) is 17.3 Å². The Morgan fingerprint density at radius 1 is 1.44 bits per heavy atom.